The summed E-state index contributed by atoms with van der Waals surface area (Å²) in [6, 6.07) is 12.3. The highest BCUT2D eigenvalue weighted by Gasteiger charge is 2.14. The fourth-order valence-electron chi connectivity index (χ4n) is 2.63. The molecule has 0 radical (unpaired) electrons. The number of methoxy groups -OCH3 is 2. The number of benzene rings is 2. The summed E-state index contributed by atoms with van der Waals surface area (Å²) in [6.07, 6.45) is 2.76. The Hall–Kier alpha value is -3.94. The summed E-state index contributed by atoms with van der Waals surface area (Å²) in [5, 5.41) is 5.77. The number of para-hydroxylation sites is 1. The fourth-order valence-corrected chi connectivity index (χ4v) is 2.63. The number of hydrogen-bond donors (Lipinski definition) is 2. The molecule has 0 saturated heterocycles. The van der Waals surface area contributed by atoms with Crippen LogP contribution in [0.3, 0.4) is 0 Å². The molecule has 0 fully saturated rings. The Balaban J connectivity index is 1.75. The van der Waals surface area contributed by atoms with E-state index in [0.29, 0.717) is 28.5 Å². The highest BCUT2D eigenvalue weighted by Crippen LogP contribution is 2.25. The molecule has 0 atom stereocenters. The van der Waals surface area contributed by atoms with Gasteiger partial charge in [-0.15, -0.1) is 0 Å². The summed E-state index contributed by atoms with van der Waals surface area (Å²) >= 11 is 0. The maximum atomic E-state index is 12.5. The van der Waals surface area contributed by atoms with Gasteiger partial charge in [-0.1, -0.05) is 18.2 Å². The summed E-state index contributed by atoms with van der Waals surface area (Å²) in [4.78, 5) is 32.7. The molecule has 0 bridgehead atoms. The Bertz CT molecular complexity index is 1040. The number of esters is 1. The van der Waals surface area contributed by atoms with Crippen LogP contribution in [0, 0.1) is 6.92 Å². The zero-order valence-corrected chi connectivity index (χ0v) is 16.2. The van der Waals surface area contributed by atoms with E-state index in [1.54, 1.807) is 30.3 Å². The molecule has 8 nitrogen and oxygen atoms in total. The number of aromatic nitrogens is 2. The molecule has 1 amide bonds. The van der Waals surface area contributed by atoms with Crippen molar-refractivity contribution in [2.75, 3.05) is 24.9 Å². The van der Waals surface area contributed by atoms with Gasteiger partial charge >= 0.3 is 5.97 Å². The topological polar surface area (TPSA) is 102 Å². The second kappa shape index (κ2) is 8.83. The molecule has 3 aromatic rings. The van der Waals surface area contributed by atoms with Crippen molar-refractivity contribution < 1.29 is 19.1 Å². The number of ether oxygens (including phenoxy) is 2. The highest BCUT2D eigenvalue weighted by molar-refractivity contribution is 6.03. The Morgan fingerprint density at radius 3 is 2.45 bits per heavy atom. The number of hydrogen-bond acceptors (Lipinski definition) is 7. The van der Waals surface area contributed by atoms with Crippen LogP contribution in [0.15, 0.2) is 54.9 Å². The molecule has 2 N–H and O–H groups in total. The average molecular weight is 392 g/mol. The summed E-state index contributed by atoms with van der Waals surface area (Å²) in [5.74, 6) is 0.0488. The second-order valence-corrected chi connectivity index (χ2v) is 6.11. The van der Waals surface area contributed by atoms with Gasteiger partial charge in [0.2, 0.25) is 0 Å². The molecule has 3 rings (SSSR count). The first kappa shape index (κ1) is 19.8. The number of rotatable bonds is 6. The molecule has 29 heavy (non-hydrogen) atoms. The lowest BCUT2D eigenvalue weighted by Crippen LogP contribution is -2.15. The molecule has 0 unspecified atom stereocenters. The third kappa shape index (κ3) is 4.67. The van der Waals surface area contributed by atoms with Gasteiger partial charge in [0, 0.05) is 0 Å². The Kier molecular flexibility index (Phi) is 6.03. The SMILES string of the molecule is COC(=O)c1ccccc1Nc1cnc(C(=O)Nc2cc(C)ccc2OC)cn1. The molecule has 148 valence electrons. The normalized spacial score (nSPS) is 10.2. The maximum absolute atomic E-state index is 12.5. The van der Waals surface area contributed by atoms with Crippen LogP contribution in [0.5, 0.6) is 5.75 Å². The van der Waals surface area contributed by atoms with Gasteiger partial charge in [-0.2, -0.15) is 0 Å². The van der Waals surface area contributed by atoms with E-state index in [2.05, 4.69) is 20.6 Å². The van der Waals surface area contributed by atoms with Crippen molar-refractivity contribution in [3.05, 3.63) is 71.7 Å². The minimum Gasteiger partial charge on any atom is -0.495 e. The van der Waals surface area contributed by atoms with E-state index in [-0.39, 0.29) is 5.69 Å². The number of carbonyl (C=O) groups is 2. The number of nitrogens with one attached hydrogen (secondary N) is 2. The quantitative estimate of drug-likeness (QED) is 0.618. The van der Waals surface area contributed by atoms with E-state index in [9.17, 15) is 9.59 Å². The highest BCUT2D eigenvalue weighted by atomic mass is 16.5. The van der Waals surface area contributed by atoms with Crippen LogP contribution in [0.2, 0.25) is 0 Å². The van der Waals surface area contributed by atoms with Gasteiger partial charge in [-0.05, 0) is 36.8 Å². The third-order valence-electron chi connectivity index (χ3n) is 4.08. The third-order valence-corrected chi connectivity index (χ3v) is 4.08. The van der Waals surface area contributed by atoms with E-state index >= 15 is 0 Å². The standard InChI is InChI=1S/C21H20N4O4/c1-13-8-9-18(28-2)16(10-13)25-20(26)17-11-23-19(12-22-17)24-15-7-5-4-6-14(15)21(27)29-3/h4-12H,1-3H3,(H,23,24)(H,25,26). The molecule has 0 saturated carbocycles. The van der Waals surface area contributed by atoms with Crippen molar-refractivity contribution in [1.29, 1.82) is 0 Å². The van der Waals surface area contributed by atoms with E-state index in [1.165, 1.54) is 26.6 Å². The van der Waals surface area contributed by atoms with Crippen molar-refractivity contribution in [1.82, 2.24) is 9.97 Å². The van der Waals surface area contributed by atoms with Gasteiger partial charge in [0.25, 0.3) is 5.91 Å². The lowest BCUT2D eigenvalue weighted by Gasteiger charge is -2.11. The lowest BCUT2D eigenvalue weighted by molar-refractivity contribution is 0.0601. The Morgan fingerprint density at radius 1 is 0.966 bits per heavy atom. The molecule has 0 aliphatic heterocycles. The summed E-state index contributed by atoms with van der Waals surface area (Å²) < 4.78 is 10.0. The van der Waals surface area contributed by atoms with E-state index in [0.717, 1.165) is 5.56 Å². The molecule has 0 aliphatic rings. The summed E-state index contributed by atoms with van der Waals surface area (Å²) in [6.45, 7) is 1.92. The van der Waals surface area contributed by atoms with Gasteiger partial charge in [0.15, 0.2) is 0 Å². The fraction of sp³-hybridized carbons (Fsp3) is 0.143. The van der Waals surface area contributed by atoms with E-state index < -0.39 is 11.9 Å². The zero-order valence-electron chi connectivity index (χ0n) is 16.2. The van der Waals surface area contributed by atoms with Gasteiger partial charge in [-0.25, -0.2) is 14.8 Å². The minimum absolute atomic E-state index is 0.139. The largest absolute Gasteiger partial charge is 0.495 e. The lowest BCUT2D eigenvalue weighted by atomic mass is 10.2. The number of carbonyl (C=O) groups excluding carboxylic acids is 2. The number of amides is 1. The van der Waals surface area contributed by atoms with Crippen molar-refractivity contribution >= 4 is 29.1 Å². The second-order valence-electron chi connectivity index (χ2n) is 6.11. The molecule has 0 spiro atoms. The van der Waals surface area contributed by atoms with Crippen LogP contribution in [-0.4, -0.2) is 36.1 Å². The maximum Gasteiger partial charge on any atom is 0.339 e. The van der Waals surface area contributed by atoms with Gasteiger partial charge in [0.1, 0.15) is 17.3 Å². The Labute approximate surface area is 167 Å². The number of nitrogens with zero attached hydrogens (tertiary/aromatic N) is 2. The van der Waals surface area contributed by atoms with Crippen molar-refractivity contribution in [3.8, 4) is 5.75 Å². The first-order valence-electron chi connectivity index (χ1n) is 8.74. The van der Waals surface area contributed by atoms with Crippen LogP contribution in [-0.2, 0) is 4.74 Å². The molecular weight excluding hydrogens is 372 g/mol. The predicted octanol–water partition coefficient (Wildman–Crippen LogP) is 3.58. The number of anilines is 3. The smallest absolute Gasteiger partial charge is 0.339 e. The van der Waals surface area contributed by atoms with Crippen molar-refractivity contribution in [2.24, 2.45) is 0 Å². The molecule has 2 aromatic carbocycles. The van der Waals surface area contributed by atoms with E-state index in [4.69, 9.17) is 9.47 Å². The molecular formula is C21H20N4O4. The zero-order chi connectivity index (χ0) is 20.8. The monoisotopic (exact) mass is 392 g/mol. The first-order valence-corrected chi connectivity index (χ1v) is 8.74. The minimum atomic E-state index is -0.468. The first-order chi connectivity index (χ1) is 14.0. The average Bonchev–Trinajstić information content (AvgIpc) is 2.74. The van der Waals surface area contributed by atoms with Crippen LogP contribution in [0.25, 0.3) is 0 Å². The van der Waals surface area contributed by atoms with Crippen LogP contribution >= 0.6 is 0 Å². The van der Waals surface area contributed by atoms with Crippen LogP contribution < -0.4 is 15.4 Å². The molecule has 8 heteroatoms. The molecule has 1 aromatic heterocycles. The predicted molar refractivity (Wildman–Crippen MR) is 109 cm³/mol. The van der Waals surface area contributed by atoms with Gasteiger partial charge in [-0.3, -0.25) is 4.79 Å². The molecule has 1 heterocycles. The van der Waals surface area contributed by atoms with Gasteiger partial charge in [0.05, 0.1) is 43.6 Å². The van der Waals surface area contributed by atoms with Crippen molar-refractivity contribution in [2.45, 2.75) is 6.92 Å². The number of aryl methyl sites for hydroxylation is 1. The van der Waals surface area contributed by atoms with Crippen LogP contribution in [0.4, 0.5) is 17.2 Å². The summed E-state index contributed by atoms with van der Waals surface area (Å²) in [5.41, 5.74) is 2.56. The van der Waals surface area contributed by atoms with E-state index in [1.807, 2.05) is 19.1 Å². The molecule has 0 aliphatic carbocycles. The van der Waals surface area contributed by atoms with Crippen LogP contribution in [0.1, 0.15) is 26.4 Å². The Morgan fingerprint density at radius 2 is 1.76 bits per heavy atom. The summed E-state index contributed by atoms with van der Waals surface area (Å²) in [7, 11) is 2.85. The van der Waals surface area contributed by atoms with Crippen molar-refractivity contribution in [3.63, 3.8) is 0 Å². The van der Waals surface area contributed by atoms with Gasteiger partial charge < -0.3 is 20.1 Å².